The Morgan fingerprint density at radius 2 is 1.79 bits per heavy atom. The first-order chi connectivity index (χ1) is 14.0. The number of ketones is 1. The number of anilines is 1. The number of aromatic nitrogens is 2. The Morgan fingerprint density at radius 3 is 2.55 bits per heavy atom. The van der Waals surface area contributed by atoms with Crippen LogP contribution < -0.4 is 5.32 Å². The summed E-state index contributed by atoms with van der Waals surface area (Å²) in [5.74, 6) is -0.435. The predicted octanol–water partition coefficient (Wildman–Crippen LogP) is 3.11. The fourth-order valence-corrected chi connectivity index (χ4v) is 3.63. The summed E-state index contributed by atoms with van der Waals surface area (Å²) in [6.07, 6.45) is 2.01. The fourth-order valence-electron chi connectivity index (χ4n) is 3.63. The summed E-state index contributed by atoms with van der Waals surface area (Å²) in [4.78, 5) is 38.8. The molecule has 4 rings (SSSR count). The Kier molecular flexibility index (Phi) is 5.12. The van der Waals surface area contributed by atoms with Crippen LogP contribution in [0.2, 0.25) is 0 Å². The first kappa shape index (κ1) is 18.9. The summed E-state index contributed by atoms with van der Waals surface area (Å²) in [5.41, 5.74) is 2.20. The average molecular weight is 390 g/mol. The van der Waals surface area contributed by atoms with Gasteiger partial charge in [-0.2, -0.15) is 5.10 Å². The van der Waals surface area contributed by atoms with Crippen molar-refractivity contribution in [3.63, 3.8) is 0 Å². The SMILES string of the molecule is CC(=O)c1cccc(NC(=O)Cn2nc(C(=O)N3CCCC3)c3ccccc32)c1. The third-order valence-corrected chi connectivity index (χ3v) is 5.10. The van der Waals surface area contributed by atoms with Crippen LogP contribution in [0.5, 0.6) is 0 Å². The predicted molar refractivity (Wildman–Crippen MR) is 110 cm³/mol. The van der Waals surface area contributed by atoms with Gasteiger partial charge in [-0.15, -0.1) is 0 Å². The molecular weight excluding hydrogens is 368 g/mol. The van der Waals surface area contributed by atoms with E-state index in [4.69, 9.17) is 0 Å². The molecule has 29 heavy (non-hydrogen) atoms. The van der Waals surface area contributed by atoms with Gasteiger partial charge in [0.05, 0.1) is 5.52 Å². The van der Waals surface area contributed by atoms with Crippen molar-refractivity contribution in [2.24, 2.45) is 0 Å². The number of Topliss-reactive ketones (excluding diaryl/α,β-unsaturated/α-hetero) is 1. The topological polar surface area (TPSA) is 84.3 Å². The summed E-state index contributed by atoms with van der Waals surface area (Å²) in [6, 6.07) is 14.2. The minimum absolute atomic E-state index is 0.0297. The molecule has 7 heteroatoms. The van der Waals surface area contributed by atoms with E-state index in [9.17, 15) is 14.4 Å². The normalized spacial score (nSPS) is 13.6. The number of likely N-dealkylation sites (tertiary alicyclic amines) is 1. The molecule has 0 bridgehead atoms. The Morgan fingerprint density at radius 1 is 1.03 bits per heavy atom. The molecule has 0 aliphatic carbocycles. The lowest BCUT2D eigenvalue weighted by Crippen LogP contribution is -2.28. The molecule has 2 heterocycles. The van der Waals surface area contributed by atoms with Crippen LogP contribution in [0.4, 0.5) is 5.69 Å². The van der Waals surface area contributed by atoms with Crippen LogP contribution in [-0.2, 0) is 11.3 Å². The highest BCUT2D eigenvalue weighted by Crippen LogP contribution is 2.22. The molecule has 1 N–H and O–H groups in total. The van der Waals surface area contributed by atoms with Gasteiger partial charge >= 0.3 is 0 Å². The number of hydrogen-bond donors (Lipinski definition) is 1. The summed E-state index contributed by atoms with van der Waals surface area (Å²) >= 11 is 0. The molecule has 1 fully saturated rings. The molecule has 0 spiro atoms. The van der Waals surface area contributed by atoms with Crippen LogP contribution in [0.15, 0.2) is 48.5 Å². The molecule has 1 saturated heterocycles. The first-order valence-electron chi connectivity index (χ1n) is 9.68. The van der Waals surface area contributed by atoms with Gasteiger partial charge in [0.2, 0.25) is 5.91 Å². The molecule has 0 atom stereocenters. The molecule has 1 aromatic heterocycles. The van der Waals surface area contributed by atoms with Gasteiger partial charge in [-0.25, -0.2) is 0 Å². The lowest BCUT2D eigenvalue weighted by atomic mass is 10.1. The monoisotopic (exact) mass is 390 g/mol. The van der Waals surface area contributed by atoms with Gasteiger partial charge in [0.25, 0.3) is 5.91 Å². The number of amides is 2. The van der Waals surface area contributed by atoms with Gasteiger partial charge in [-0.1, -0.05) is 30.3 Å². The van der Waals surface area contributed by atoms with Gasteiger partial charge in [0.15, 0.2) is 11.5 Å². The number of fused-ring (bicyclic) bond motifs is 1. The number of hydrogen-bond acceptors (Lipinski definition) is 4. The molecular formula is C22H22N4O3. The number of nitrogens with one attached hydrogen (secondary N) is 1. The number of para-hydroxylation sites is 1. The number of rotatable bonds is 5. The van der Waals surface area contributed by atoms with Crippen LogP contribution in [0.25, 0.3) is 10.9 Å². The maximum absolute atomic E-state index is 12.9. The van der Waals surface area contributed by atoms with Crippen LogP contribution in [0.3, 0.4) is 0 Å². The maximum Gasteiger partial charge on any atom is 0.275 e. The van der Waals surface area contributed by atoms with Crippen LogP contribution in [0.1, 0.15) is 40.6 Å². The smallest absolute Gasteiger partial charge is 0.275 e. The molecule has 7 nitrogen and oxygen atoms in total. The third kappa shape index (κ3) is 3.89. The highest BCUT2D eigenvalue weighted by Gasteiger charge is 2.25. The highest BCUT2D eigenvalue weighted by atomic mass is 16.2. The standard InChI is InChI=1S/C22H22N4O3/c1-15(27)16-7-6-8-17(13-16)23-20(28)14-26-19-10-3-2-9-18(19)21(24-26)22(29)25-11-4-5-12-25/h2-3,6-10,13H,4-5,11-12,14H2,1H3,(H,23,28). The average Bonchev–Trinajstić information content (AvgIpc) is 3.37. The minimum atomic E-state index is -0.279. The van der Waals surface area contributed by atoms with E-state index in [1.54, 1.807) is 28.9 Å². The van der Waals surface area contributed by atoms with Crippen molar-refractivity contribution >= 4 is 34.2 Å². The lowest BCUT2D eigenvalue weighted by molar-refractivity contribution is -0.116. The number of carbonyl (C=O) groups is 3. The molecule has 1 aliphatic heterocycles. The second-order valence-corrected chi connectivity index (χ2v) is 7.21. The van der Waals surface area contributed by atoms with Crippen molar-refractivity contribution in [3.8, 4) is 0 Å². The summed E-state index contributed by atoms with van der Waals surface area (Å²) in [5, 5.41) is 8.01. The first-order valence-corrected chi connectivity index (χ1v) is 9.68. The van der Waals surface area contributed by atoms with Crippen molar-refractivity contribution in [3.05, 3.63) is 59.8 Å². The number of nitrogens with zero attached hydrogens (tertiary/aromatic N) is 3. The zero-order valence-corrected chi connectivity index (χ0v) is 16.2. The lowest BCUT2D eigenvalue weighted by Gasteiger charge is -2.13. The van der Waals surface area contributed by atoms with Crippen LogP contribution in [-0.4, -0.2) is 45.4 Å². The van der Waals surface area contributed by atoms with E-state index in [-0.39, 0.29) is 24.1 Å². The summed E-state index contributed by atoms with van der Waals surface area (Å²) in [7, 11) is 0. The van der Waals surface area contributed by atoms with E-state index in [0.29, 0.717) is 16.9 Å². The van der Waals surface area contributed by atoms with E-state index < -0.39 is 0 Å². The third-order valence-electron chi connectivity index (χ3n) is 5.10. The zero-order valence-electron chi connectivity index (χ0n) is 16.2. The molecule has 2 amide bonds. The van der Waals surface area contributed by atoms with Crippen LogP contribution >= 0.6 is 0 Å². The van der Waals surface area contributed by atoms with Crippen LogP contribution in [0, 0.1) is 0 Å². The Bertz CT molecular complexity index is 1100. The molecule has 0 saturated carbocycles. The van der Waals surface area contributed by atoms with E-state index >= 15 is 0 Å². The Labute approximate surface area is 168 Å². The van der Waals surface area contributed by atoms with Crippen molar-refractivity contribution in [1.29, 1.82) is 0 Å². The maximum atomic E-state index is 12.9. The highest BCUT2D eigenvalue weighted by molar-refractivity contribution is 6.05. The molecule has 1 aliphatic rings. The van der Waals surface area contributed by atoms with Gasteiger partial charge in [0, 0.05) is 29.7 Å². The van der Waals surface area contributed by atoms with Crippen molar-refractivity contribution in [2.75, 3.05) is 18.4 Å². The zero-order chi connectivity index (χ0) is 20.4. The summed E-state index contributed by atoms with van der Waals surface area (Å²) < 4.78 is 1.56. The Balaban J connectivity index is 1.58. The van der Waals surface area contributed by atoms with E-state index in [2.05, 4.69) is 10.4 Å². The van der Waals surface area contributed by atoms with Gasteiger partial charge in [0.1, 0.15) is 6.54 Å². The quantitative estimate of drug-likeness (QED) is 0.679. The van der Waals surface area contributed by atoms with Crippen molar-refractivity contribution in [1.82, 2.24) is 14.7 Å². The number of carbonyl (C=O) groups excluding carboxylic acids is 3. The second-order valence-electron chi connectivity index (χ2n) is 7.21. The molecule has 0 radical (unpaired) electrons. The van der Waals surface area contributed by atoms with E-state index in [0.717, 1.165) is 36.8 Å². The Hall–Kier alpha value is -3.48. The summed E-state index contributed by atoms with van der Waals surface area (Å²) in [6.45, 7) is 2.94. The molecule has 148 valence electrons. The second kappa shape index (κ2) is 7.87. The number of benzene rings is 2. The van der Waals surface area contributed by atoms with Gasteiger partial charge < -0.3 is 10.2 Å². The molecule has 2 aromatic carbocycles. The minimum Gasteiger partial charge on any atom is -0.337 e. The molecule has 0 unspecified atom stereocenters. The van der Waals surface area contributed by atoms with Crippen molar-refractivity contribution < 1.29 is 14.4 Å². The van der Waals surface area contributed by atoms with Gasteiger partial charge in [-0.05, 0) is 38.0 Å². The fraction of sp³-hybridized carbons (Fsp3) is 0.273. The van der Waals surface area contributed by atoms with E-state index in [1.165, 1.54) is 6.92 Å². The van der Waals surface area contributed by atoms with Crippen molar-refractivity contribution in [2.45, 2.75) is 26.3 Å². The van der Waals surface area contributed by atoms with E-state index in [1.807, 2.05) is 29.2 Å². The van der Waals surface area contributed by atoms with Gasteiger partial charge in [-0.3, -0.25) is 19.1 Å². The largest absolute Gasteiger partial charge is 0.337 e. The molecule has 3 aromatic rings.